The Morgan fingerprint density at radius 2 is 2.08 bits per heavy atom. The lowest BCUT2D eigenvalue weighted by atomic mass is 10.0. The lowest BCUT2D eigenvalue weighted by Gasteiger charge is -2.14. The first kappa shape index (κ1) is 16.9. The molecular weight excluding hydrogens is 324 g/mol. The van der Waals surface area contributed by atoms with Crippen LogP contribution in [0.2, 0.25) is 0 Å². The van der Waals surface area contributed by atoms with Gasteiger partial charge in [0.1, 0.15) is 6.61 Å². The van der Waals surface area contributed by atoms with Gasteiger partial charge in [0, 0.05) is 5.39 Å². The number of aryl methyl sites for hydroxylation is 2. The first-order chi connectivity index (χ1) is 12.0. The van der Waals surface area contributed by atoms with Crippen molar-refractivity contribution in [1.29, 1.82) is 0 Å². The van der Waals surface area contributed by atoms with E-state index >= 15 is 0 Å². The number of carbonyl (C=O) groups is 3. The summed E-state index contributed by atoms with van der Waals surface area (Å²) in [4.78, 5) is 41.3. The maximum atomic E-state index is 12.5. The first-order valence-electron chi connectivity index (χ1n) is 8.05. The fraction of sp³-hybridized carbons (Fsp3) is 0.333. The van der Waals surface area contributed by atoms with Crippen LogP contribution < -0.4 is 0 Å². The molecule has 1 fully saturated rings. The number of hydrogen-bond donors (Lipinski definition) is 0. The average molecular weight is 342 g/mol. The molecule has 2 amide bonds. The van der Waals surface area contributed by atoms with E-state index in [2.05, 4.69) is 4.98 Å². The van der Waals surface area contributed by atoms with E-state index in [1.807, 2.05) is 38.1 Å². The SMILES string of the molecule is CCc1nc2ccccc2c(C)c1C(=O)OCC(=O)N1CCOC1=O. The fourth-order valence-corrected chi connectivity index (χ4v) is 2.86. The number of aromatic nitrogens is 1. The molecule has 0 bridgehead atoms. The van der Waals surface area contributed by atoms with Crippen LogP contribution in [0.25, 0.3) is 10.9 Å². The van der Waals surface area contributed by atoms with Crippen molar-refractivity contribution in [2.24, 2.45) is 0 Å². The number of carbonyl (C=O) groups excluding carboxylic acids is 3. The van der Waals surface area contributed by atoms with Gasteiger partial charge in [-0.15, -0.1) is 0 Å². The van der Waals surface area contributed by atoms with Crippen molar-refractivity contribution in [3.8, 4) is 0 Å². The molecule has 0 N–H and O–H groups in total. The average Bonchev–Trinajstić information content (AvgIpc) is 3.05. The summed E-state index contributed by atoms with van der Waals surface area (Å²) in [6.07, 6.45) is -0.151. The quantitative estimate of drug-likeness (QED) is 0.792. The number of esters is 1. The van der Waals surface area contributed by atoms with Gasteiger partial charge < -0.3 is 9.47 Å². The second kappa shape index (κ2) is 6.88. The molecule has 0 unspecified atom stereocenters. The number of amides is 2. The van der Waals surface area contributed by atoms with Gasteiger partial charge in [0.2, 0.25) is 0 Å². The first-order valence-corrected chi connectivity index (χ1v) is 8.05. The summed E-state index contributed by atoms with van der Waals surface area (Å²) in [6.45, 7) is 3.56. The van der Waals surface area contributed by atoms with Crippen molar-refractivity contribution in [3.05, 3.63) is 41.1 Å². The zero-order chi connectivity index (χ0) is 18.0. The molecule has 2 heterocycles. The molecule has 1 saturated heterocycles. The third-order valence-corrected chi connectivity index (χ3v) is 4.15. The van der Waals surface area contributed by atoms with E-state index in [9.17, 15) is 14.4 Å². The van der Waals surface area contributed by atoms with Gasteiger partial charge in [0.05, 0.1) is 23.3 Å². The van der Waals surface area contributed by atoms with Crippen LogP contribution in [0.15, 0.2) is 24.3 Å². The fourth-order valence-electron chi connectivity index (χ4n) is 2.86. The van der Waals surface area contributed by atoms with Gasteiger partial charge in [-0.3, -0.25) is 9.78 Å². The van der Waals surface area contributed by atoms with Crippen LogP contribution in [0.5, 0.6) is 0 Å². The summed E-state index contributed by atoms with van der Waals surface area (Å²) >= 11 is 0. The maximum Gasteiger partial charge on any atom is 0.416 e. The normalized spacial score (nSPS) is 13.8. The standard InChI is InChI=1S/C18H18N2O5/c1-3-13-16(11(2)12-6-4-5-7-14(12)19-13)17(22)25-10-15(21)20-8-9-24-18(20)23/h4-7H,3,8-10H2,1-2H3. The molecule has 3 rings (SSSR count). The summed E-state index contributed by atoms with van der Waals surface area (Å²) in [5.74, 6) is -1.21. The number of imide groups is 1. The summed E-state index contributed by atoms with van der Waals surface area (Å²) in [5, 5.41) is 0.862. The van der Waals surface area contributed by atoms with E-state index in [1.54, 1.807) is 0 Å². The topological polar surface area (TPSA) is 85.8 Å². The third kappa shape index (κ3) is 3.17. The van der Waals surface area contributed by atoms with Gasteiger partial charge in [-0.05, 0) is 25.0 Å². The summed E-state index contributed by atoms with van der Waals surface area (Å²) < 4.78 is 9.84. The minimum Gasteiger partial charge on any atom is -0.452 e. The molecule has 130 valence electrons. The molecule has 1 aromatic heterocycles. The second-order valence-corrected chi connectivity index (χ2v) is 5.67. The molecule has 1 aliphatic heterocycles. The highest BCUT2D eigenvalue weighted by molar-refractivity contribution is 6.00. The number of benzene rings is 1. The number of ether oxygens (including phenoxy) is 2. The molecule has 25 heavy (non-hydrogen) atoms. The van der Waals surface area contributed by atoms with Gasteiger partial charge in [-0.25, -0.2) is 14.5 Å². The largest absolute Gasteiger partial charge is 0.452 e. The van der Waals surface area contributed by atoms with Gasteiger partial charge in [0.25, 0.3) is 5.91 Å². The van der Waals surface area contributed by atoms with Crippen LogP contribution >= 0.6 is 0 Å². The number of nitrogens with zero attached hydrogens (tertiary/aromatic N) is 2. The third-order valence-electron chi connectivity index (χ3n) is 4.15. The van der Waals surface area contributed by atoms with Crippen molar-refractivity contribution in [2.75, 3.05) is 19.8 Å². The van der Waals surface area contributed by atoms with Crippen LogP contribution in [0.3, 0.4) is 0 Å². The Kier molecular flexibility index (Phi) is 4.65. The van der Waals surface area contributed by atoms with Crippen molar-refractivity contribution in [3.63, 3.8) is 0 Å². The Morgan fingerprint density at radius 3 is 2.76 bits per heavy atom. The highest BCUT2D eigenvalue weighted by Gasteiger charge is 2.29. The highest BCUT2D eigenvalue weighted by atomic mass is 16.6. The van der Waals surface area contributed by atoms with E-state index in [0.717, 1.165) is 21.4 Å². The Morgan fingerprint density at radius 1 is 1.32 bits per heavy atom. The number of hydrogen-bond acceptors (Lipinski definition) is 6. The predicted octanol–water partition coefficient (Wildman–Crippen LogP) is 2.24. The Bertz CT molecular complexity index is 862. The highest BCUT2D eigenvalue weighted by Crippen LogP contribution is 2.24. The lowest BCUT2D eigenvalue weighted by Crippen LogP contribution is -2.35. The Hall–Kier alpha value is -2.96. The van der Waals surface area contributed by atoms with Crippen LogP contribution in [0.4, 0.5) is 4.79 Å². The molecule has 7 heteroatoms. The monoisotopic (exact) mass is 342 g/mol. The molecule has 2 aromatic rings. The number of para-hydroxylation sites is 1. The lowest BCUT2D eigenvalue weighted by molar-refractivity contribution is -0.131. The second-order valence-electron chi connectivity index (χ2n) is 5.67. The van der Waals surface area contributed by atoms with Crippen LogP contribution in [0.1, 0.15) is 28.5 Å². The molecule has 0 aliphatic carbocycles. The Labute approximate surface area is 144 Å². The van der Waals surface area contributed by atoms with E-state index in [4.69, 9.17) is 9.47 Å². The van der Waals surface area contributed by atoms with Crippen LogP contribution in [0, 0.1) is 6.92 Å². The maximum absolute atomic E-state index is 12.5. The molecular formula is C18H18N2O5. The van der Waals surface area contributed by atoms with Gasteiger partial charge in [-0.2, -0.15) is 0 Å². The zero-order valence-corrected chi connectivity index (χ0v) is 14.1. The van der Waals surface area contributed by atoms with E-state index < -0.39 is 24.6 Å². The molecule has 7 nitrogen and oxygen atoms in total. The van der Waals surface area contributed by atoms with Gasteiger partial charge in [-0.1, -0.05) is 25.1 Å². The molecule has 0 radical (unpaired) electrons. The van der Waals surface area contributed by atoms with Crippen molar-refractivity contribution < 1.29 is 23.9 Å². The van der Waals surface area contributed by atoms with Crippen LogP contribution in [-0.2, 0) is 20.7 Å². The molecule has 0 saturated carbocycles. The number of rotatable bonds is 4. The summed E-state index contributed by atoms with van der Waals surface area (Å²) in [6, 6.07) is 7.54. The number of fused-ring (bicyclic) bond motifs is 1. The molecule has 1 aromatic carbocycles. The van der Waals surface area contributed by atoms with Crippen molar-refractivity contribution in [1.82, 2.24) is 9.88 Å². The van der Waals surface area contributed by atoms with Gasteiger partial charge >= 0.3 is 12.1 Å². The van der Waals surface area contributed by atoms with Gasteiger partial charge in [0.15, 0.2) is 6.61 Å². The number of pyridine rings is 1. The molecule has 1 aliphatic rings. The predicted molar refractivity (Wildman–Crippen MR) is 89.2 cm³/mol. The number of cyclic esters (lactones) is 1. The van der Waals surface area contributed by atoms with E-state index in [-0.39, 0.29) is 13.2 Å². The van der Waals surface area contributed by atoms with Crippen molar-refractivity contribution >= 4 is 28.9 Å². The molecule has 0 atom stereocenters. The molecule has 0 spiro atoms. The van der Waals surface area contributed by atoms with E-state index in [1.165, 1.54) is 0 Å². The smallest absolute Gasteiger partial charge is 0.416 e. The minimum atomic E-state index is -0.709. The van der Waals surface area contributed by atoms with Crippen LogP contribution in [-0.4, -0.2) is 47.6 Å². The Balaban J connectivity index is 1.83. The summed E-state index contributed by atoms with van der Waals surface area (Å²) in [7, 11) is 0. The zero-order valence-electron chi connectivity index (χ0n) is 14.1. The van der Waals surface area contributed by atoms with Crippen molar-refractivity contribution in [2.45, 2.75) is 20.3 Å². The summed E-state index contributed by atoms with van der Waals surface area (Å²) in [5.41, 5.74) is 2.57. The minimum absolute atomic E-state index is 0.159. The van der Waals surface area contributed by atoms with E-state index in [0.29, 0.717) is 17.7 Å².